The highest BCUT2D eigenvalue weighted by Gasteiger charge is 2.23. The molecule has 0 aliphatic carbocycles. The number of anilines is 1. The molecule has 1 aliphatic rings. The molecular weight excluding hydrogens is 326 g/mol. The molecule has 1 aromatic carbocycles. The van der Waals surface area contributed by atoms with Gasteiger partial charge in [-0.05, 0) is 19.1 Å². The number of benzene rings is 1. The van der Waals surface area contributed by atoms with Crippen LogP contribution in [0.2, 0.25) is 0 Å². The number of aromatic nitrogens is 1. The van der Waals surface area contributed by atoms with Crippen molar-refractivity contribution in [1.29, 1.82) is 0 Å². The van der Waals surface area contributed by atoms with E-state index in [-0.39, 0.29) is 11.8 Å². The van der Waals surface area contributed by atoms with Crippen molar-refractivity contribution >= 4 is 28.8 Å². The molecule has 2 aromatic rings. The molecule has 1 aromatic heterocycles. The smallest absolute Gasteiger partial charge is 0.273 e. The van der Waals surface area contributed by atoms with Gasteiger partial charge in [-0.1, -0.05) is 12.1 Å². The fourth-order valence-electron chi connectivity index (χ4n) is 2.57. The SMILES string of the molecule is CC(=O)Nc1cccc(-c2nc(C(=O)N3CCOCC3)c(C)s2)c1. The second-order valence-corrected chi connectivity index (χ2v) is 6.79. The van der Waals surface area contributed by atoms with Crippen molar-refractivity contribution in [2.24, 2.45) is 0 Å². The van der Waals surface area contributed by atoms with E-state index in [0.717, 1.165) is 15.4 Å². The van der Waals surface area contributed by atoms with E-state index in [0.29, 0.717) is 37.7 Å². The maximum atomic E-state index is 12.6. The Morgan fingerprint density at radius 1 is 1.29 bits per heavy atom. The summed E-state index contributed by atoms with van der Waals surface area (Å²) in [6.07, 6.45) is 0. The van der Waals surface area contributed by atoms with E-state index in [1.54, 1.807) is 4.90 Å². The second-order valence-electron chi connectivity index (χ2n) is 5.59. The molecule has 126 valence electrons. The summed E-state index contributed by atoms with van der Waals surface area (Å²) >= 11 is 1.48. The zero-order valence-electron chi connectivity index (χ0n) is 13.7. The van der Waals surface area contributed by atoms with Gasteiger partial charge in [-0.25, -0.2) is 4.98 Å². The van der Waals surface area contributed by atoms with Crippen LogP contribution in [0, 0.1) is 6.92 Å². The molecule has 1 N–H and O–H groups in total. The van der Waals surface area contributed by atoms with E-state index in [9.17, 15) is 9.59 Å². The summed E-state index contributed by atoms with van der Waals surface area (Å²) in [4.78, 5) is 31.1. The van der Waals surface area contributed by atoms with Gasteiger partial charge in [-0.15, -0.1) is 11.3 Å². The van der Waals surface area contributed by atoms with E-state index in [1.165, 1.54) is 18.3 Å². The predicted octanol–water partition coefficient (Wildman–Crippen LogP) is 2.55. The van der Waals surface area contributed by atoms with Crippen molar-refractivity contribution in [3.63, 3.8) is 0 Å². The van der Waals surface area contributed by atoms with Crippen molar-refractivity contribution < 1.29 is 14.3 Å². The highest BCUT2D eigenvalue weighted by molar-refractivity contribution is 7.15. The minimum absolute atomic E-state index is 0.0451. The first-order valence-electron chi connectivity index (χ1n) is 7.77. The molecule has 7 heteroatoms. The molecule has 1 aliphatic heterocycles. The summed E-state index contributed by atoms with van der Waals surface area (Å²) in [7, 11) is 0. The number of aryl methyl sites for hydroxylation is 1. The normalized spacial score (nSPS) is 14.5. The molecule has 6 nitrogen and oxygen atoms in total. The van der Waals surface area contributed by atoms with Gasteiger partial charge in [0.05, 0.1) is 13.2 Å². The van der Waals surface area contributed by atoms with Crippen molar-refractivity contribution in [3.8, 4) is 10.6 Å². The number of rotatable bonds is 3. The van der Waals surface area contributed by atoms with Crippen LogP contribution in [0.1, 0.15) is 22.3 Å². The number of hydrogen-bond acceptors (Lipinski definition) is 5. The summed E-state index contributed by atoms with van der Waals surface area (Å²) in [6.45, 7) is 5.72. The summed E-state index contributed by atoms with van der Waals surface area (Å²) in [5.74, 6) is -0.165. The van der Waals surface area contributed by atoms with Gasteiger partial charge in [-0.3, -0.25) is 9.59 Å². The molecule has 1 saturated heterocycles. The fourth-order valence-corrected chi connectivity index (χ4v) is 3.47. The van der Waals surface area contributed by atoms with Gasteiger partial charge in [0, 0.05) is 36.1 Å². The molecule has 3 rings (SSSR count). The van der Waals surface area contributed by atoms with Crippen LogP contribution in [-0.2, 0) is 9.53 Å². The van der Waals surface area contributed by atoms with Crippen LogP contribution >= 0.6 is 11.3 Å². The number of nitrogens with one attached hydrogen (secondary N) is 1. The van der Waals surface area contributed by atoms with Crippen LogP contribution < -0.4 is 5.32 Å². The monoisotopic (exact) mass is 345 g/mol. The quantitative estimate of drug-likeness (QED) is 0.928. The zero-order valence-corrected chi connectivity index (χ0v) is 14.5. The molecule has 1 fully saturated rings. The minimum Gasteiger partial charge on any atom is -0.378 e. The first-order chi connectivity index (χ1) is 11.5. The molecule has 2 heterocycles. The Morgan fingerprint density at radius 3 is 2.75 bits per heavy atom. The molecule has 0 unspecified atom stereocenters. The van der Waals surface area contributed by atoms with E-state index in [4.69, 9.17) is 4.74 Å². The van der Waals surface area contributed by atoms with E-state index >= 15 is 0 Å². The van der Waals surface area contributed by atoms with Crippen LogP contribution in [0.5, 0.6) is 0 Å². The number of hydrogen-bond donors (Lipinski definition) is 1. The summed E-state index contributed by atoms with van der Waals surface area (Å²) in [5.41, 5.74) is 2.10. The first kappa shape index (κ1) is 16.6. The number of morpholine rings is 1. The number of ether oxygens (including phenoxy) is 1. The van der Waals surface area contributed by atoms with Gasteiger partial charge in [0.25, 0.3) is 5.91 Å². The Hall–Kier alpha value is -2.25. The number of carbonyl (C=O) groups is 2. The number of nitrogens with zero attached hydrogens (tertiary/aromatic N) is 2. The lowest BCUT2D eigenvalue weighted by Crippen LogP contribution is -2.41. The fraction of sp³-hybridized carbons (Fsp3) is 0.353. The van der Waals surface area contributed by atoms with Crippen LogP contribution in [0.25, 0.3) is 10.6 Å². The molecule has 0 radical (unpaired) electrons. The average molecular weight is 345 g/mol. The molecular formula is C17H19N3O3S. The second kappa shape index (κ2) is 7.11. The van der Waals surface area contributed by atoms with Gasteiger partial charge in [0.1, 0.15) is 10.7 Å². The third-order valence-electron chi connectivity index (χ3n) is 3.73. The Kier molecular flexibility index (Phi) is 4.92. The van der Waals surface area contributed by atoms with Gasteiger partial charge < -0.3 is 15.0 Å². The highest BCUT2D eigenvalue weighted by Crippen LogP contribution is 2.30. The molecule has 24 heavy (non-hydrogen) atoms. The number of carbonyl (C=O) groups excluding carboxylic acids is 2. The van der Waals surface area contributed by atoms with E-state index < -0.39 is 0 Å². The molecule has 0 atom stereocenters. The molecule has 0 bridgehead atoms. The lowest BCUT2D eigenvalue weighted by atomic mass is 10.2. The average Bonchev–Trinajstić information content (AvgIpc) is 2.96. The molecule has 0 spiro atoms. The van der Waals surface area contributed by atoms with Crippen molar-refractivity contribution in [3.05, 3.63) is 34.8 Å². The lowest BCUT2D eigenvalue weighted by Gasteiger charge is -2.26. The van der Waals surface area contributed by atoms with Crippen LogP contribution in [0.3, 0.4) is 0 Å². The van der Waals surface area contributed by atoms with Crippen molar-refractivity contribution in [1.82, 2.24) is 9.88 Å². The third kappa shape index (κ3) is 3.63. The number of thiazole rings is 1. The van der Waals surface area contributed by atoms with E-state index in [1.807, 2.05) is 31.2 Å². The topological polar surface area (TPSA) is 71.5 Å². The standard InChI is InChI=1S/C17H19N3O3S/c1-11-15(17(22)20-6-8-23-9-7-20)19-16(24-11)13-4-3-5-14(10-13)18-12(2)21/h3-5,10H,6-9H2,1-2H3,(H,18,21). The highest BCUT2D eigenvalue weighted by atomic mass is 32.1. The van der Waals surface area contributed by atoms with Gasteiger partial charge in [-0.2, -0.15) is 0 Å². The maximum absolute atomic E-state index is 12.6. The lowest BCUT2D eigenvalue weighted by molar-refractivity contribution is -0.114. The zero-order chi connectivity index (χ0) is 17.1. The summed E-state index contributed by atoms with van der Waals surface area (Å²) < 4.78 is 5.29. The Balaban J connectivity index is 1.85. The van der Waals surface area contributed by atoms with Crippen LogP contribution in [0.15, 0.2) is 24.3 Å². The summed E-state index contributed by atoms with van der Waals surface area (Å²) in [6, 6.07) is 7.47. The minimum atomic E-state index is -0.120. The van der Waals surface area contributed by atoms with E-state index in [2.05, 4.69) is 10.3 Å². The predicted molar refractivity (Wildman–Crippen MR) is 93.3 cm³/mol. The Labute approximate surface area is 144 Å². The van der Waals surface area contributed by atoms with Crippen LogP contribution in [0.4, 0.5) is 5.69 Å². The van der Waals surface area contributed by atoms with Crippen molar-refractivity contribution in [2.75, 3.05) is 31.6 Å². The molecule has 0 saturated carbocycles. The number of amides is 2. The Morgan fingerprint density at radius 2 is 2.04 bits per heavy atom. The van der Waals surface area contributed by atoms with Crippen LogP contribution in [-0.4, -0.2) is 48.0 Å². The largest absolute Gasteiger partial charge is 0.378 e. The molecule has 2 amide bonds. The van der Waals surface area contributed by atoms with Gasteiger partial charge >= 0.3 is 0 Å². The van der Waals surface area contributed by atoms with Gasteiger partial charge in [0.2, 0.25) is 5.91 Å². The van der Waals surface area contributed by atoms with Gasteiger partial charge in [0.15, 0.2) is 0 Å². The summed E-state index contributed by atoms with van der Waals surface area (Å²) in [5, 5.41) is 3.53. The Bertz CT molecular complexity index is 766. The maximum Gasteiger partial charge on any atom is 0.273 e. The van der Waals surface area contributed by atoms with Crippen molar-refractivity contribution in [2.45, 2.75) is 13.8 Å². The third-order valence-corrected chi connectivity index (χ3v) is 4.75. The first-order valence-corrected chi connectivity index (χ1v) is 8.58.